The van der Waals surface area contributed by atoms with Crippen molar-refractivity contribution in [3.63, 3.8) is 0 Å². The van der Waals surface area contributed by atoms with Crippen molar-refractivity contribution < 1.29 is 42.5 Å². The van der Waals surface area contributed by atoms with E-state index in [1.807, 2.05) is 40.0 Å². The van der Waals surface area contributed by atoms with E-state index in [9.17, 15) is 9.18 Å². The minimum Gasteiger partial charge on any atom is -1.00 e. The van der Waals surface area contributed by atoms with Gasteiger partial charge in [0.1, 0.15) is 30.9 Å². The van der Waals surface area contributed by atoms with Crippen molar-refractivity contribution in [2.45, 2.75) is 38.6 Å². The first-order valence-corrected chi connectivity index (χ1v) is 13.1. The van der Waals surface area contributed by atoms with Gasteiger partial charge in [0.2, 0.25) is 6.33 Å². The quantitative estimate of drug-likeness (QED) is 0.123. The van der Waals surface area contributed by atoms with E-state index in [2.05, 4.69) is 0 Å². The van der Waals surface area contributed by atoms with Crippen LogP contribution in [0.15, 0.2) is 79.4 Å². The van der Waals surface area contributed by atoms with E-state index in [0.717, 1.165) is 11.1 Å². The van der Waals surface area contributed by atoms with Crippen LogP contribution in [-0.2, 0) is 24.4 Å². The van der Waals surface area contributed by atoms with Gasteiger partial charge in [0.25, 0.3) is 0 Å². The summed E-state index contributed by atoms with van der Waals surface area (Å²) in [5.74, 6) is -0.362. The number of aryl methyl sites for hydroxylation is 1. The number of carbonyl (C=O) groups excluding carboxylic acids is 1. The van der Waals surface area contributed by atoms with Crippen LogP contribution in [-0.4, -0.2) is 10.4 Å². The molecular weight excluding hydrogens is 684 g/mol. The maximum atomic E-state index is 13.1. The van der Waals surface area contributed by atoms with Crippen molar-refractivity contribution in [2.75, 3.05) is 0 Å². The first-order chi connectivity index (χ1) is 17.8. The minimum absolute atomic E-state index is 0. The van der Waals surface area contributed by atoms with E-state index in [-0.39, 0.29) is 48.3 Å². The zero-order valence-corrected chi connectivity index (χ0v) is 25.3. The van der Waals surface area contributed by atoms with E-state index in [1.165, 1.54) is 24.3 Å². The van der Waals surface area contributed by atoms with Gasteiger partial charge < -0.3 is 28.7 Å². The summed E-state index contributed by atoms with van der Waals surface area (Å²) < 4.78 is 23.4. The highest BCUT2D eigenvalue weighted by Gasteiger charge is 2.21. The number of rotatable bonds is 11. The van der Waals surface area contributed by atoms with Crippen molar-refractivity contribution in [1.29, 1.82) is 0 Å². The van der Waals surface area contributed by atoms with E-state index >= 15 is 0 Å². The number of nitrogens with zero attached hydrogens (tertiary/aromatic N) is 2. The van der Waals surface area contributed by atoms with Crippen LogP contribution >= 0.6 is 46.4 Å². The number of carbonyl (C=O) groups is 1. The second-order valence-electron chi connectivity index (χ2n) is 8.58. The second kappa shape index (κ2) is 14.6. The molecule has 4 rings (SSSR count). The van der Waals surface area contributed by atoms with Crippen molar-refractivity contribution in [3.8, 4) is 0 Å². The SMILES string of the molecule is O=C(CCCn1cc[n+](CC(OCc2ccc(Cl)cc2Cl)c2ccc(Cl)cc2Cl)c1)c1ccc(F)cc1.[I-]. The van der Waals surface area contributed by atoms with Crippen molar-refractivity contribution in [1.82, 2.24) is 4.57 Å². The lowest BCUT2D eigenvalue weighted by Gasteiger charge is -2.19. The smallest absolute Gasteiger partial charge is 0.243 e. The molecule has 0 fully saturated rings. The molecule has 0 aliphatic rings. The third kappa shape index (κ3) is 8.66. The standard InChI is InChI=1S/C28H24Cl4FN2O2.HI/c29-21-6-3-20(25(31)14-21)17-37-28(24-10-7-22(30)15-26(24)32)16-35-13-12-34(18-35)11-1-2-27(36)19-4-8-23(33)9-5-19;/h3-10,12-15,18,28H,1-2,11,16-17H2;1H/q+1;/p-1. The molecule has 0 saturated heterocycles. The molecule has 0 aliphatic heterocycles. The summed E-state index contributed by atoms with van der Waals surface area (Å²) in [4.78, 5) is 12.3. The fraction of sp³-hybridized carbons (Fsp3) is 0.214. The lowest BCUT2D eigenvalue weighted by atomic mass is 10.1. The van der Waals surface area contributed by atoms with Gasteiger partial charge in [-0.1, -0.05) is 58.5 Å². The van der Waals surface area contributed by atoms with Crippen LogP contribution < -0.4 is 28.5 Å². The molecule has 0 aliphatic carbocycles. The maximum absolute atomic E-state index is 13.1. The van der Waals surface area contributed by atoms with Gasteiger partial charge in [-0.05, 0) is 60.5 Å². The zero-order valence-electron chi connectivity index (χ0n) is 20.1. The van der Waals surface area contributed by atoms with Gasteiger partial charge in [0.05, 0.1) is 13.2 Å². The Balaban J connectivity index is 0.00000400. The first kappa shape index (κ1) is 30.9. The highest BCUT2D eigenvalue weighted by atomic mass is 127. The summed E-state index contributed by atoms with van der Waals surface area (Å²) in [6, 6.07) is 16.2. The van der Waals surface area contributed by atoms with Gasteiger partial charge in [0.15, 0.2) is 5.78 Å². The topological polar surface area (TPSA) is 35.1 Å². The van der Waals surface area contributed by atoms with Gasteiger partial charge in [0, 0.05) is 37.6 Å². The Morgan fingerprint density at radius 3 is 2.32 bits per heavy atom. The summed E-state index contributed by atoms with van der Waals surface area (Å²) in [6.45, 7) is 1.42. The molecule has 200 valence electrons. The lowest BCUT2D eigenvalue weighted by Crippen LogP contribution is -3.00. The van der Waals surface area contributed by atoms with Crippen LogP contribution in [0.5, 0.6) is 0 Å². The number of hydrogen-bond acceptors (Lipinski definition) is 2. The Morgan fingerprint density at radius 2 is 1.63 bits per heavy atom. The Hall–Kier alpha value is -1.68. The number of Topliss-reactive ketones (excluding diaryl/α,β-unsaturated/α-hetero) is 1. The van der Waals surface area contributed by atoms with E-state index in [1.54, 1.807) is 24.3 Å². The van der Waals surface area contributed by atoms with Crippen LogP contribution in [0, 0.1) is 5.82 Å². The Bertz CT molecular complexity index is 1380. The molecule has 1 unspecified atom stereocenters. The van der Waals surface area contributed by atoms with Crippen LogP contribution in [0.4, 0.5) is 4.39 Å². The maximum Gasteiger partial charge on any atom is 0.243 e. The number of imidazole rings is 1. The normalized spacial score (nSPS) is 11.7. The molecule has 1 heterocycles. The Morgan fingerprint density at radius 1 is 0.947 bits per heavy atom. The molecule has 4 aromatic rings. The first-order valence-electron chi connectivity index (χ1n) is 11.6. The molecule has 1 atom stereocenters. The van der Waals surface area contributed by atoms with Gasteiger partial charge in [-0.15, -0.1) is 0 Å². The highest BCUT2D eigenvalue weighted by Crippen LogP contribution is 2.31. The van der Waals surface area contributed by atoms with Gasteiger partial charge in [-0.3, -0.25) is 4.79 Å². The van der Waals surface area contributed by atoms with Crippen LogP contribution in [0.2, 0.25) is 20.1 Å². The molecule has 38 heavy (non-hydrogen) atoms. The Kier molecular flexibility index (Phi) is 11.9. The molecule has 0 radical (unpaired) electrons. The lowest BCUT2D eigenvalue weighted by molar-refractivity contribution is -0.704. The average Bonchev–Trinajstić information content (AvgIpc) is 3.30. The molecule has 4 nitrogen and oxygen atoms in total. The number of aromatic nitrogens is 2. The highest BCUT2D eigenvalue weighted by molar-refractivity contribution is 6.35. The largest absolute Gasteiger partial charge is 1.00 e. The number of ketones is 1. The minimum atomic E-state index is -0.377. The van der Waals surface area contributed by atoms with Gasteiger partial charge in [-0.25, -0.2) is 13.5 Å². The molecule has 0 amide bonds. The summed E-state index contributed by atoms with van der Waals surface area (Å²) >= 11 is 25.0. The third-order valence-electron chi connectivity index (χ3n) is 5.87. The predicted molar refractivity (Wildman–Crippen MR) is 145 cm³/mol. The molecule has 0 saturated carbocycles. The van der Waals surface area contributed by atoms with E-state index in [4.69, 9.17) is 51.1 Å². The summed E-state index contributed by atoms with van der Waals surface area (Å²) in [6.07, 6.45) is 6.49. The van der Waals surface area contributed by atoms with E-state index < -0.39 is 0 Å². The number of ether oxygens (including phenoxy) is 1. The molecular formula is C28H24Cl4FIN2O2. The second-order valence-corrected chi connectivity index (χ2v) is 10.3. The van der Waals surface area contributed by atoms with Crippen LogP contribution in [0.1, 0.15) is 40.4 Å². The monoisotopic (exact) mass is 706 g/mol. The molecule has 0 N–H and O–H groups in total. The number of halogens is 6. The third-order valence-corrected chi connectivity index (χ3v) is 7.02. The zero-order chi connectivity index (χ0) is 26.4. The fourth-order valence-corrected chi connectivity index (χ4v) is 4.90. The summed E-state index contributed by atoms with van der Waals surface area (Å²) in [7, 11) is 0. The van der Waals surface area contributed by atoms with E-state index in [0.29, 0.717) is 51.6 Å². The van der Waals surface area contributed by atoms with Gasteiger partial charge >= 0.3 is 0 Å². The van der Waals surface area contributed by atoms with Crippen molar-refractivity contribution in [3.05, 3.63) is 122 Å². The predicted octanol–water partition coefficient (Wildman–Crippen LogP) is 5.15. The molecule has 3 aromatic carbocycles. The van der Waals surface area contributed by atoms with Crippen molar-refractivity contribution in [2.24, 2.45) is 0 Å². The number of hydrogen-bond donors (Lipinski definition) is 0. The molecule has 0 bridgehead atoms. The molecule has 0 spiro atoms. The van der Waals surface area contributed by atoms with Crippen LogP contribution in [0.3, 0.4) is 0 Å². The average molecular weight is 708 g/mol. The Labute approximate surface area is 258 Å². The van der Waals surface area contributed by atoms with Crippen LogP contribution in [0.25, 0.3) is 0 Å². The van der Waals surface area contributed by atoms with Crippen molar-refractivity contribution >= 4 is 52.2 Å². The fourth-order valence-electron chi connectivity index (χ4n) is 3.91. The summed E-state index contributed by atoms with van der Waals surface area (Å²) in [5, 5.41) is 2.14. The summed E-state index contributed by atoms with van der Waals surface area (Å²) in [5.41, 5.74) is 2.14. The molecule has 10 heteroatoms. The molecule has 1 aromatic heterocycles. The number of benzene rings is 3. The van der Waals surface area contributed by atoms with Gasteiger partial charge in [-0.2, -0.15) is 0 Å².